The Labute approximate surface area is 140 Å². The minimum absolute atomic E-state index is 0.0718. The summed E-state index contributed by atoms with van der Waals surface area (Å²) in [7, 11) is -1.00. The maximum Gasteiger partial charge on any atom is 0.255 e. The first-order valence-corrected chi connectivity index (χ1v) is 8.79. The van der Waals surface area contributed by atoms with Gasteiger partial charge in [-0.1, -0.05) is 0 Å². The highest BCUT2D eigenvalue weighted by Gasteiger charge is 2.31. The number of guanidine groups is 1. The molecule has 0 spiro atoms. The Balaban J connectivity index is 2.43. The molecular weight excluding hydrogens is 339 g/mol. The molecule has 0 saturated heterocycles. The summed E-state index contributed by atoms with van der Waals surface area (Å²) in [5.41, 5.74) is 5.82. The summed E-state index contributed by atoms with van der Waals surface area (Å²) >= 11 is 0. The van der Waals surface area contributed by atoms with Crippen molar-refractivity contribution in [3.63, 3.8) is 0 Å². The number of hydrogen-bond acceptors (Lipinski definition) is 8. The van der Waals surface area contributed by atoms with Gasteiger partial charge in [-0.3, -0.25) is 4.99 Å². The minimum Gasteiger partial charge on any atom is -0.479 e. The van der Waals surface area contributed by atoms with Crippen LogP contribution in [0.3, 0.4) is 0 Å². The molecule has 2 heterocycles. The van der Waals surface area contributed by atoms with Gasteiger partial charge in [0.1, 0.15) is 0 Å². The monoisotopic (exact) mass is 360 g/mol. The topological polar surface area (TPSA) is 114 Å². The van der Waals surface area contributed by atoms with Gasteiger partial charge >= 0.3 is 0 Å². The average molecular weight is 360 g/mol. The van der Waals surface area contributed by atoms with Gasteiger partial charge in [0.25, 0.3) is 5.88 Å². The number of methoxy groups -OCH3 is 1. The molecule has 2 N–H and O–H groups in total. The quantitative estimate of drug-likeness (QED) is 0.771. The zero-order chi connectivity index (χ0) is 18.1. The summed E-state index contributed by atoms with van der Waals surface area (Å²) in [5, 5.41) is -0.783. The Hall–Kier alpha value is -2.17. The van der Waals surface area contributed by atoms with E-state index in [2.05, 4.69) is 15.0 Å². The highest BCUT2D eigenvalue weighted by Crippen LogP contribution is 2.21. The number of nitrogens with two attached hydrogens (primary N) is 1. The number of hydrogen-bond donors (Lipinski definition) is 1. The van der Waals surface area contributed by atoms with Crippen molar-refractivity contribution < 1.29 is 17.5 Å². The summed E-state index contributed by atoms with van der Waals surface area (Å²) in [5.74, 6) is -0.718. The third kappa shape index (κ3) is 3.35. The lowest BCUT2D eigenvalue weighted by atomic mass is 10.4. The number of ether oxygens (including phenoxy) is 1. The number of aromatic nitrogens is 2. The van der Waals surface area contributed by atoms with Crippen molar-refractivity contribution in [2.75, 3.05) is 38.7 Å². The third-order valence-corrected chi connectivity index (χ3v) is 5.90. The van der Waals surface area contributed by atoms with E-state index in [0.717, 1.165) is 4.31 Å². The van der Waals surface area contributed by atoms with Crippen LogP contribution in [0.2, 0.25) is 0 Å². The van der Waals surface area contributed by atoms with Gasteiger partial charge in [-0.05, 0) is 13.8 Å². The predicted molar refractivity (Wildman–Crippen MR) is 88.1 cm³/mol. The number of halogens is 1. The lowest BCUT2D eigenvalue weighted by Gasteiger charge is -2.26. The maximum atomic E-state index is 13.9. The maximum absolute atomic E-state index is 13.9. The normalized spacial score (nSPS) is 21.5. The van der Waals surface area contributed by atoms with Crippen molar-refractivity contribution in [1.82, 2.24) is 14.3 Å². The second-order valence-corrected chi connectivity index (χ2v) is 7.82. The van der Waals surface area contributed by atoms with Crippen molar-refractivity contribution in [2.24, 2.45) is 10.7 Å². The number of sulfonamides is 1. The highest BCUT2D eigenvalue weighted by atomic mass is 32.2. The van der Waals surface area contributed by atoms with Gasteiger partial charge in [0.05, 0.1) is 24.6 Å². The molecule has 2 rings (SSSR count). The van der Waals surface area contributed by atoms with Gasteiger partial charge in [0, 0.05) is 20.1 Å². The lowest BCUT2D eigenvalue weighted by Crippen LogP contribution is -2.45. The van der Waals surface area contributed by atoms with Crippen LogP contribution < -0.4 is 15.4 Å². The van der Waals surface area contributed by atoms with Crippen LogP contribution in [0.1, 0.15) is 12.6 Å². The van der Waals surface area contributed by atoms with Gasteiger partial charge in [0.2, 0.25) is 27.7 Å². The van der Waals surface area contributed by atoms with Crippen LogP contribution in [-0.4, -0.2) is 67.7 Å². The summed E-state index contributed by atoms with van der Waals surface area (Å²) in [6.45, 7) is 3.75. The number of rotatable bonds is 2. The van der Waals surface area contributed by atoms with Gasteiger partial charge in [-0.25, -0.2) is 17.7 Å². The fourth-order valence-electron chi connectivity index (χ4n) is 2.26. The summed E-state index contributed by atoms with van der Waals surface area (Å²) in [6.07, 6.45) is 0. The molecule has 0 aliphatic carbocycles. The number of anilines is 1. The molecule has 0 radical (unpaired) electrons. The molecule has 1 aliphatic heterocycles. The molecule has 1 aromatic rings. The molecule has 11 heteroatoms. The third-order valence-electron chi connectivity index (χ3n) is 3.78. The van der Waals surface area contributed by atoms with E-state index in [0.29, 0.717) is 6.54 Å². The summed E-state index contributed by atoms with van der Waals surface area (Å²) < 4.78 is 44.7. The van der Waals surface area contributed by atoms with E-state index in [1.807, 2.05) is 0 Å². The van der Waals surface area contributed by atoms with Crippen molar-refractivity contribution in [1.29, 1.82) is 0 Å². The molecule has 0 bridgehead atoms. The van der Waals surface area contributed by atoms with Crippen LogP contribution in [-0.2, 0) is 10.0 Å². The molecule has 1 aromatic heterocycles. The summed E-state index contributed by atoms with van der Waals surface area (Å²) in [6, 6.07) is 0. The van der Waals surface area contributed by atoms with Crippen LogP contribution in [0, 0.1) is 12.7 Å². The highest BCUT2D eigenvalue weighted by molar-refractivity contribution is 7.90. The Morgan fingerprint density at radius 3 is 2.67 bits per heavy atom. The van der Waals surface area contributed by atoms with Crippen LogP contribution in [0.15, 0.2) is 4.99 Å². The molecule has 24 heavy (non-hydrogen) atoms. The fraction of sp³-hybridized carbons (Fsp3) is 0.615. The lowest BCUT2D eigenvalue weighted by molar-refractivity contribution is 0.365. The van der Waals surface area contributed by atoms with Crippen molar-refractivity contribution in [3.05, 3.63) is 11.5 Å². The van der Waals surface area contributed by atoms with E-state index in [9.17, 15) is 12.8 Å². The number of nitrogens with zero attached hydrogens (tertiary/aromatic N) is 5. The zero-order valence-corrected chi connectivity index (χ0v) is 14.8. The van der Waals surface area contributed by atoms with E-state index >= 15 is 0 Å². The van der Waals surface area contributed by atoms with Crippen molar-refractivity contribution in [2.45, 2.75) is 19.1 Å². The molecule has 1 atom stereocenters. The standard InChI is InChI=1S/C13H21FN6O3S/c1-8-7-20(6-5-16-12(15)19(3)24(8,21)22)13-17-9(2)10(14)11(18-13)23-4/h8H,5-7H2,1-4H3,(H2,15,16). The second kappa shape index (κ2) is 6.75. The van der Waals surface area contributed by atoms with Crippen molar-refractivity contribution in [3.8, 4) is 5.88 Å². The molecule has 0 aromatic carbocycles. The van der Waals surface area contributed by atoms with Gasteiger partial charge < -0.3 is 15.4 Å². The van der Waals surface area contributed by atoms with E-state index in [-0.39, 0.29) is 36.6 Å². The zero-order valence-electron chi connectivity index (χ0n) is 14.0. The molecule has 1 aliphatic rings. The van der Waals surface area contributed by atoms with E-state index < -0.39 is 21.1 Å². The van der Waals surface area contributed by atoms with Crippen LogP contribution in [0.4, 0.5) is 10.3 Å². The van der Waals surface area contributed by atoms with Gasteiger partial charge in [-0.15, -0.1) is 0 Å². The molecule has 0 fully saturated rings. The Kier molecular flexibility index (Phi) is 5.11. The Morgan fingerprint density at radius 1 is 1.38 bits per heavy atom. The fourth-order valence-corrected chi connectivity index (χ4v) is 3.48. The van der Waals surface area contributed by atoms with Crippen molar-refractivity contribution >= 4 is 21.9 Å². The Morgan fingerprint density at radius 2 is 2.04 bits per heavy atom. The molecule has 0 amide bonds. The second-order valence-electron chi connectivity index (χ2n) is 5.44. The van der Waals surface area contributed by atoms with E-state index in [4.69, 9.17) is 10.5 Å². The van der Waals surface area contributed by atoms with Crippen LogP contribution in [0.25, 0.3) is 0 Å². The SMILES string of the molecule is COc1nc(N2CCN=C(N)N(C)S(=O)(=O)C(C)C2)nc(C)c1F. The molecule has 0 saturated carbocycles. The smallest absolute Gasteiger partial charge is 0.255 e. The summed E-state index contributed by atoms with van der Waals surface area (Å²) in [4.78, 5) is 13.8. The first-order valence-electron chi connectivity index (χ1n) is 7.29. The van der Waals surface area contributed by atoms with Gasteiger partial charge in [-0.2, -0.15) is 9.37 Å². The first kappa shape index (κ1) is 18.2. The Bertz CT molecular complexity index is 754. The average Bonchev–Trinajstić information content (AvgIpc) is 2.57. The first-order chi connectivity index (χ1) is 11.2. The molecule has 134 valence electrons. The largest absolute Gasteiger partial charge is 0.479 e. The minimum atomic E-state index is -3.67. The molecular formula is C13H21FN6O3S. The molecule has 9 nitrogen and oxygen atoms in total. The number of aliphatic imine (C=N–C) groups is 1. The van der Waals surface area contributed by atoms with Gasteiger partial charge in [0.15, 0.2) is 0 Å². The van der Waals surface area contributed by atoms with Crippen LogP contribution >= 0.6 is 0 Å². The molecule has 1 unspecified atom stereocenters. The number of aryl methyl sites for hydroxylation is 1. The van der Waals surface area contributed by atoms with Crippen LogP contribution in [0.5, 0.6) is 5.88 Å². The predicted octanol–water partition coefficient (Wildman–Crippen LogP) is -0.282. The van der Waals surface area contributed by atoms with E-state index in [1.54, 1.807) is 11.8 Å². The van der Waals surface area contributed by atoms with E-state index in [1.165, 1.54) is 21.1 Å².